The lowest BCUT2D eigenvalue weighted by molar-refractivity contribution is -0.316. The normalized spacial score (nSPS) is 35.0. The first kappa shape index (κ1) is 57.8. The van der Waals surface area contributed by atoms with Crippen LogP contribution in [-0.2, 0) is 18.9 Å². The van der Waals surface area contributed by atoms with Crippen molar-refractivity contribution in [3.05, 3.63) is 0 Å². The highest BCUT2D eigenvalue weighted by atomic mass is 16.7. The summed E-state index contributed by atoms with van der Waals surface area (Å²) in [6.45, 7) is 39.3. The third-order valence-corrected chi connectivity index (χ3v) is 16.5. The van der Waals surface area contributed by atoms with Crippen molar-refractivity contribution in [2.24, 2.45) is 23.7 Å². The molecule has 4 N–H and O–H groups in total. The molecular formula is C52H104N4O8. The second kappa shape index (κ2) is 22.5. The number of rotatable bonds is 20. The highest BCUT2D eigenvalue weighted by molar-refractivity contribution is 5.03. The third-order valence-electron chi connectivity index (χ3n) is 16.5. The molecule has 0 aromatic rings. The standard InChI is InChI=1S/C51H100N4O8.CH4/c1-34(2)42-26-38(28-46(9,10)52(42)56)62-45(63-39-27-43(35(3)4)53(57)47(11,12)29-39)44(61-41-31-49(15,16)55(59)51(18,33-41)37(7)8)24-22-20-19-21-23-25-60-40-30-48(13,14)54(58)50(17,32-40)36(5)6;/h34-45,56-59H,19-33H2,1-18H3;1H4. The van der Waals surface area contributed by atoms with E-state index < -0.39 is 28.4 Å². The van der Waals surface area contributed by atoms with E-state index >= 15 is 0 Å². The van der Waals surface area contributed by atoms with E-state index in [-0.39, 0.29) is 78.9 Å². The quantitative estimate of drug-likeness (QED) is 0.0685. The lowest BCUT2D eigenvalue weighted by atomic mass is 9.73. The van der Waals surface area contributed by atoms with Crippen LogP contribution in [0.5, 0.6) is 0 Å². The maximum absolute atomic E-state index is 11.6. The maximum atomic E-state index is 11.6. The summed E-state index contributed by atoms with van der Waals surface area (Å²) in [5.41, 5.74) is -2.58. The summed E-state index contributed by atoms with van der Waals surface area (Å²) in [5.74, 6) is 0.976. The summed E-state index contributed by atoms with van der Waals surface area (Å²) in [5, 5.41) is 51.6. The Kier molecular flexibility index (Phi) is 20.3. The zero-order valence-corrected chi connectivity index (χ0v) is 43.7. The van der Waals surface area contributed by atoms with Crippen LogP contribution in [0.1, 0.15) is 222 Å². The number of hydrogen-bond acceptors (Lipinski definition) is 12. The Morgan fingerprint density at radius 2 is 0.844 bits per heavy atom. The highest BCUT2D eigenvalue weighted by Crippen LogP contribution is 2.45. The zero-order valence-electron chi connectivity index (χ0n) is 43.7. The molecule has 0 saturated carbocycles. The van der Waals surface area contributed by atoms with Gasteiger partial charge in [0.05, 0.1) is 24.4 Å². The van der Waals surface area contributed by atoms with E-state index in [2.05, 4.69) is 125 Å². The van der Waals surface area contributed by atoms with Gasteiger partial charge in [0.15, 0.2) is 6.29 Å². The highest BCUT2D eigenvalue weighted by Gasteiger charge is 2.52. The molecule has 4 fully saturated rings. The van der Waals surface area contributed by atoms with E-state index in [4.69, 9.17) is 18.9 Å². The Morgan fingerprint density at radius 3 is 1.27 bits per heavy atom. The van der Waals surface area contributed by atoms with Crippen molar-refractivity contribution in [3.8, 4) is 0 Å². The summed E-state index contributed by atoms with van der Waals surface area (Å²) in [4.78, 5) is 0. The molecular weight excluding hydrogens is 809 g/mol. The molecule has 0 amide bonds. The first-order valence-corrected chi connectivity index (χ1v) is 25.4. The molecule has 4 saturated heterocycles. The molecule has 0 aromatic carbocycles. The predicted molar refractivity (Wildman–Crippen MR) is 258 cm³/mol. The van der Waals surface area contributed by atoms with Gasteiger partial charge in [-0.05, 0) is 157 Å². The molecule has 12 nitrogen and oxygen atoms in total. The van der Waals surface area contributed by atoms with Gasteiger partial charge in [-0.1, -0.05) is 88.5 Å². The van der Waals surface area contributed by atoms with E-state index in [0.717, 1.165) is 58.0 Å². The van der Waals surface area contributed by atoms with Crippen LogP contribution in [0.15, 0.2) is 0 Å². The maximum Gasteiger partial charge on any atom is 0.184 e. The van der Waals surface area contributed by atoms with Crippen LogP contribution < -0.4 is 0 Å². The van der Waals surface area contributed by atoms with E-state index in [1.165, 1.54) is 0 Å². The van der Waals surface area contributed by atoms with Gasteiger partial charge in [0.1, 0.15) is 6.10 Å². The van der Waals surface area contributed by atoms with E-state index in [1.807, 2.05) is 0 Å². The van der Waals surface area contributed by atoms with Crippen molar-refractivity contribution in [1.29, 1.82) is 0 Å². The Balaban J connectivity index is 0.0000109. The molecule has 4 heterocycles. The fourth-order valence-electron chi connectivity index (χ4n) is 11.8. The second-order valence-electron chi connectivity index (χ2n) is 25.1. The molecule has 4 aliphatic heterocycles. The van der Waals surface area contributed by atoms with Crippen LogP contribution in [0.2, 0.25) is 0 Å². The minimum atomic E-state index is -0.650. The Hall–Kier alpha value is -0.480. The van der Waals surface area contributed by atoms with Crippen molar-refractivity contribution in [2.45, 2.75) is 304 Å². The summed E-state index contributed by atoms with van der Waals surface area (Å²) in [6.07, 6.45) is 10.4. The van der Waals surface area contributed by atoms with Crippen LogP contribution in [0, 0.1) is 23.7 Å². The fourth-order valence-corrected chi connectivity index (χ4v) is 11.8. The summed E-state index contributed by atoms with van der Waals surface area (Å²) < 4.78 is 28.5. The Morgan fingerprint density at radius 1 is 0.469 bits per heavy atom. The molecule has 9 atom stereocenters. The number of hydrogen-bond donors (Lipinski definition) is 4. The monoisotopic (exact) mass is 913 g/mol. The number of nitrogens with zero attached hydrogens (tertiary/aromatic N) is 4. The van der Waals surface area contributed by atoms with Crippen molar-refractivity contribution < 1.29 is 39.8 Å². The van der Waals surface area contributed by atoms with Crippen LogP contribution in [0.25, 0.3) is 0 Å². The summed E-state index contributed by atoms with van der Waals surface area (Å²) >= 11 is 0. The first-order chi connectivity index (χ1) is 28.9. The van der Waals surface area contributed by atoms with Crippen LogP contribution in [0.4, 0.5) is 0 Å². The van der Waals surface area contributed by atoms with E-state index in [1.54, 1.807) is 20.3 Å². The van der Waals surface area contributed by atoms with Crippen molar-refractivity contribution >= 4 is 0 Å². The first-order valence-electron chi connectivity index (χ1n) is 25.4. The number of unbranched alkanes of at least 4 members (excludes halogenated alkanes) is 4. The summed E-state index contributed by atoms with van der Waals surface area (Å²) in [7, 11) is 0. The third kappa shape index (κ3) is 13.6. The van der Waals surface area contributed by atoms with E-state index in [9.17, 15) is 20.8 Å². The fraction of sp³-hybridized carbons (Fsp3) is 1.00. The van der Waals surface area contributed by atoms with Gasteiger partial charge < -0.3 is 39.8 Å². The molecule has 12 heteroatoms. The van der Waals surface area contributed by atoms with Gasteiger partial charge >= 0.3 is 0 Å². The lowest BCUT2D eigenvalue weighted by Gasteiger charge is -2.55. The Labute approximate surface area is 393 Å². The minimum absolute atomic E-state index is 0. The van der Waals surface area contributed by atoms with E-state index in [0.29, 0.717) is 44.4 Å². The topological polar surface area (TPSA) is 131 Å². The molecule has 64 heavy (non-hydrogen) atoms. The van der Waals surface area contributed by atoms with Gasteiger partial charge in [-0.3, -0.25) is 0 Å². The lowest BCUT2D eigenvalue weighted by Crippen LogP contribution is -2.64. The van der Waals surface area contributed by atoms with Gasteiger partial charge in [0, 0.05) is 51.9 Å². The van der Waals surface area contributed by atoms with Gasteiger partial charge in [-0.2, -0.15) is 20.3 Å². The number of hydroxylamine groups is 8. The molecule has 0 aliphatic carbocycles. The molecule has 380 valence electrons. The van der Waals surface area contributed by atoms with Crippen LogP contribution in [-0.4, -0.2) is 130 Å². The molecule has 4 rings (SSSR count). The molecule has 0 radical (unpaired) electrons. The molecule has 0 spiro atoms. The number of ether oxygens (including phenoxy) is 4. The molecule has 0 aromatic heterocycles. The average molecular weight is 913 g/mol. The molecule has 9 unspecified atom stereocenters. The second-order valence-corrected chi connectivity index (χ2v) is 25.1. The van der Waals surface area contributed by atoms with Crippen LogP contribution in [0.3, 0.4) is 0 Å². The predicted octanol–water partition coefficient (Wildman–Crippen LogP) is 12.1. The largest absolute Gasteiger partial charge is 0.378 e. The Bertz CT molecular complexity index is 1360. The summed E-state index contributed by atoms with van der Waals surface area (Å²) in [6, 6.07) is -0.112. The van der Waals surface area contributed by atoms with Crippen molar-refractivity contribution in [1.82, 2.24) is 20.3 Å². The van der Waals surface area contributed by atoms with Crippen molar-refractivity contribution in [2.75, 3.05) is 6.61 Å². The molecule has 4 aliphatic rings. The zero-order chi connectivity index (χ0) is 47.7. The van der Waals surface area contributed by atoms with Crippen molar-refractivity contribution in [3.63, 3.8) is 0 Å². The molecule has 0 bridgehead atoms. The van der Waals surface area contributed by atoms with Gasteiger partial charge in [0.2, 0.25) is 0 Å². The SMILES string of the molecule is C.CC(C)C1CC(OC(OC2CC(C(C)C)N(O)C(C)(C)C2)C(CCCCCCCOC2CC(C)(C)N(O)C(C)(C(C)C)C2)OC2CC(C)(C)N(O)C(C)(C(C)C)C2)CC(C)(C)N1O. The van der Waals surface area contributed by atoms with Gasteiger partial charge in [0.25, 0.3) is 0 Å². The van der Waals surface area contributed by atoms with Crippen LogP contribution >= 0.6 is 0 Å². The smallest absolute Gasteiger partial charge is 0.184 e. The number of piperidine rings is 4. The van der Waals surface area contributed by atoms with Gasteiger partial charge in [-0.25, -0.2) is 0 Å². The minimum Gasteiger partial charge on any atom is -0.378 e. The average Bonchev–Trinajstić information content (AvgIpc) is 3.14. The van der Waals surface area contributed by atoms with Gasteiger partial charge in [-0.15, -0.1) is 0 Å².